The molecule has 1 aromatic heterocycles. The zero-order valence-electron chi connectivity index (χ0n) is 13.8. The zero-order chi connectivity index (χ0) is 18.1. The summed E-state index contributed by atoms with van der Waals surface area (Å²) >= 11 is 0. The van der Waals surface area contributed by atoms with Crippen LogP contribution in [0.15, 0.2) is 36.4 Å². The van der Waals surface area contributed by atoms with Gasteiger partial charge in [0.15, 0.2) is 0 Å². The Kier molecular flexibility index (Phi) is 4.06. The minimum absolute atomic E-state index is 0.195. The molecule has 0 bridgehead atoms. The number of methoxy groups -OCH3 is 1. The highest BCUT2D eigenvalue weighted by Gasteiger charge is 2.20. The number of carbonyl (C=O) groups is 2. The van der Waals surface area contributed by atoms with Gasteiger partial charge in [0.2, 0.25) is 0 Å². The molecule has 7 heteroatoms. The molecule has 0 spiro atoms. The molecule has 0 fully saturated rings. The summed E-state index contributed by atoms with van der Waals surface area (Å²) in [4.78, 5) is 26.1. The van der Waals surface area contributed by atoms with Crippen molar-refractivity contribution in [3.05, 3.63) is 47.5 Å². The monoisotopic (exact) mass is 338 g/mol. The molecule has 0 atom stereocenters. The number of benzene rings is 2. The van der Waals surface area contributed by atoms with Crippen molar-refractivity contribution in [3.63, 3.8) is 0 Å². The second kappa shape index (κ2) is 6.20. The summed E-state index contributed by atoms with van der Waals surface area (Å²) in [7, 11) is 1.61. The van der Waals surface area contributed by atoms with Crippen LogP contribution in [0.2, 0.25) is 0 Å². The normalized spacial score (nSPS) is 10.6. The van der Waals surface area contributed by atoms with Gasteiger partial charge in [-0.3, -0.25) is 10.1 Å². The number of fused-ring (bicyclic) bond motifs is 1. The van der Waals surface area contributed by atoms with Crippen molar-refractivity contribution in [2.75, 3.05) is 12.4 Å². The molecule has 3 amide bonds. The van der Waals surface area contributed by atoms with Crippen LogP contribution in [0.4, 0.5) is 10.6 Å². The van der Waals surface area contributed by atoms with Crippen LogP contribution in [0.3, 0.4) is 0 Å². The first-order valence-electron chi connectivity index (χ1n) is 7.58. The van der Waals surface area contributed by atoms with Crippen LogP contribution in [0.5, 0.6) is 5.75 Å². The Bertz CT molecular complexity index is 991. The molecule has 3 aromatic rings. The number of hydrogen-bond acceptors (Lipinski definition) is 3. The third kappa shape index (κ3) is 2.87. The number of primary amides is 2. The fourth-order valence-corrected chi connectivity index (χ4v) is 2.98. The van der Waals surface area contributed by atoms with Gasteiger partial charge in [0.1, 0.15) is 11.6 Å². The number of rotatable bonds is 4. The number of urea groups is 1. The summed E-state index contributed by atoms with van der Waals surface area (Å²) in [6.45, 7) is 1.92. The Morgan fingerprint density at radius 1 is 1.16 bits per heavy atom. The van der Waals surface area contributed by atoms with Gasteiger partial charge in [-0.2, -0.15) is 0 Å². The molecule has 0 unspecified atom stereocenters. The van der Waals surface area contributed by atoms with Crippen LogP contribution in [0.1, 0.15) is 15.9 Å². The third-order valence-electron chi connectivity index (χ3n) is 4.11. The van der Waals surface area contributed by atoms with E-state index in [0.717, 1.165) is 22.4 Å². The second-order valence-corrected chi connectivity index (χ2v) is 5.62. The van der Waals surface area contributed by atoms with Crippen LogP contribution in [0.25, 0.3) is 22.0 Å². The smallest absolute Gasteiger partial charge is 0.317 e. The van der Waals surface area contributed by atoms with E-state index < -0.39 is 11.9 Å². The average Bonchev–Trinajstić information content (AvgIpc) is 2.93. The van der Waals surface area contributed by atoms with E-state index in [1.165, 1.54) is 0 Å². The maximum absolute atomic E-state index is 11.8. The predicted octanol–water partition coefficient (Wildman–Crippen LogP) is 2.74. The molecule has 0 aliphatic heterocycles. The molecule has 3 rings (SSSR count). The average molecular weight is 338 g/mol. The quantitative estimate of drug-likeness (QED) is 0.584. The van der Waals surface area contributed by atoms with Gasteiger partial charge < -0.3 is 21.2 Å². The molecule has 2 aromatic carbocycles. The van der Waals surface area contributed by atoms with E-state index in [4.69, 9.17) is 16.2 Å². The molecule has 128 valence electrons. The van der Waals surface area contributed by atoms with Crippen LogP contribution >= 0.6 is 0 Å². The van der Waals surface area contributed by atoms with Crippen molar-refractivity contribution in [2.45, 2.75) is 6.92 Å². The van der Waals surface area contributed by atoms with E-state index in [0.29, 0.717) is 10.9 Å². The Hall–Kier alpha value is -3.48. The van der Waals surface area contributed by atoms with E-state index >= 15 is 0 Å². The van der Waals surface area contributed by atoms with Gasteiger partial charge in [-0.15, -0.1) is 0 Å². The highest BCUT2D eigenvalue weighted by atomic mass is 16.5. The molecular formula is C18H18N4O3. The number of carbonyl (C=O) groups excluding carboxylic acids is 2. The number of aromatic amines is 1. The zero-order valence-corrected chi connectivity index (χ0v) is 13.8. The van der Waals surface area contributed by atoms with Crippen molar-refractivity contribution in [3.8, 4) is 16.9 Å². The molecule has 0 saturated carbocycles. The Morgan fingerprint density at radius 2 is 1.92 bits per heavy atom. The molecule has 25 heavy (non-hydrogen) atoms. The van der Waals surface area contributed by atoms with Crippen molar-refractivity contribution < 1.29 is 14.3 Å². The summed E-state index contributed by atoms with van der Waals surface area (Å²) in [6, 6.07) is 10.6. The van der Waals surface area contributed by atoms with E-state index in [-0.39, 0.29) is 11.4 Å². The molecule has 0 aliphatic carbocycles. The molecule has 6 N–H and O–H groups in total. The number of nitrogens with one attached hydrogen (secondary N) is 2. The van der Waals surface area contributed by atoms with Crippen LogP contribution in [-0.4, -0.2) is 24.0 Å². The lowest BCUT2D eigenvalue weighted by Crippen LogP contribution is -2.22. The van der Waals surface area contributed by atoms with Gasteiger partial charge in [-0.25, -0.2) is 4.79 Å². The second-order valence-electron chi connectivity index (χ2n) is 5.62. The predicted molar refractivity (Wildman–Crippen MR) is 96.7 cm³/mol. The maximum atomic E-state index is 11.8. The van der Waals surface area contributed by atoms with Gasteiger partial charge in [0.25, 0.3) is 5.91 Å². The van der Waals surface area contributed by atoms with Gasteiger partial charge in [-0.05, 0) is 35.7 Å². The Balaban J connectivity index is 2.23. The highest BCUT2D eigenvalue weighted by Crippen LogP contribution is 2.35. The standard InChI is InChI=1S/C18H18N4O3/c1-9-12(10-4-3-5-11(8-10)25-2)6-7-13-14(16(19)23)17(21-15(9)13)22-18(20)24/h3-8,21H,1-2H3,(H2,19,23)(H3,20,22,24). The number of amides is 3. The number of H-pyrrole nitrogens is 1. The van der Waals surface area contributed by atoms with Gasteiger partial charge in [0.05, 0.1) is 18.2 Å². The van der Waals surface area contributed by atoms with Crippen LogP contribution in [0, 0.1) is 6.92 Å². The minimum Gasteiger partial charge on any atom is -0.497 e. The molecule has 1 heterocycles. The SMILES string of the molecule is COc1cccc(-c2ccc3c(C(N)=O)c(NC(N)=O)[nH]c3c2C)c1. The first-order chi connectivity index (χ1) is 11.9. The maximum Gasteiger partial charge on any atom is 0.317 e. The Labute approximate surface area is 144 Å². The lowest BCUT2D eigenvalue weighted by molar-refractivity contribution is 0.100. The van der Waals surface area contributed by atoms with E-state index in [2.05, 4.69) is 10.3 Å². The lowest BCUT2D eigenvalue weighted by atomic mass is 9.97. The number of anilines is 1. The first-order valence-corrected chi connectivity index (χ1v) is 7.58. The fraction of sp³-hybridized carbons (Fsp3) is 0.111. The lowest BCUT2D eigenvalue weighted by Gasteiger charge is -2.09. The number of nitrogens with two attached hydrogens (primary N) is 2. The number of aryl methyl sites for hydroxylation is 1. The van der Waals surface area contributed by atoms with Crippen LogP contribution < -0.4 is 21.5 Å². The van der Waals surface area contributed by atoms with Crippen LogP contribution in [-0.2, 0) is 0 Å². The minimum atomic E-state index is -0.778. The molecule has 7 nitrogen and oxygen atoms in total. The summed E-state index contributed by atoms with van der Waals surface area (Å²) in [5.41, 5.74) is 14.4. The van der Waals surface area contributed by atoms with Gasteiger partial charge in [0, 0.05) is 5.39 Å². The summed E-state index contributed by atoms with van der Waals surface area (Å²) < 4.78 is 5.27. The first kappa shape index (κ1) is 16.4. The largest absolute Gasteiger partial charge is 0.497 e. The molecule has 0 radical (unpaired) electrons. The molecule has 0 aliphatic rings. The highest BCUT2D eigenvalue weighted by molar-refractivity contribution is 6.14. The molecule has 0 saturated heterocycles. The molecular weight excluding hydrogens is 320 g/mol. The number of aromatic nitrogens is 1. The van der Waals surface area contributed by atoms with E-state index in [1.807, 2.05) is 37.3 Å². The van der Waals surface area contributed by atoms with Crippen molar-refractivity contribution in [2.24, 2.45) is 11.5 Å². The summed E-state index contributed by atoms with van der Waals surface area (Å²) in [5.74, 6) is 0.293. The van der Waals surface area contributed by atoms with E-state index in [9.17, 15) is 9.59 Å². The van der Waals surface area contributed by atoms with Crippen molar-refractivity contribution >= 4 is 28.7 Å². The number of ether oxygens (including phenoxy) is 1. The topological polar surface area (TPSA) is 123 Å². The van der Waals surface area contributed by atoms with Gasteiger partial charge in [-0.1, -0.05) is 24.3 Å². The Morgan fingerprint density at radius 3 is 2.56 bits per heavy atom. The van der Waals surface area contributed by atoms with Crippen molar-refractivity contribution in [1.29, 1.82) is 0 Å². The van der Waals surface area contributed by atoms with E-state index in [1.54, 1.807) is 13.2 Å². The number of hydrogen-bond donors (Lipinski definition) is 4. The third-order valence-corrected chi connectivity index (χ3v) is 4.11. The van der Waals surface area contributed by atoms with Gasteiger partial charge >= 0.3 is 6.03 Å². The van der Waals surface area contributed by atoms with Crippen molar-refractivity contribution in [1.82, 2.24) is 4.98 Å². The summed E-state index contributed by atoms with van der Waals surface area (Å²) in [5, 5.41) is 3.04. The fourth-order valence-electron chi connectivity index (χ4n) is 2.98. The summed E-state index contributed by atoms with van der Waals surface area (Å²) in [6.07, 6.45) is 0.